The van der Waals surface area contributed by atoms with E-state index in [2.05, 4.69) is 34.6 Å². The number of carbonyl (C=O) groups is 1. The fourth-order valence-corrected chi connectivity index (χ4v) is 5.19. The smallest absolute Gasteiger partial charge is 0.230 e. The van der Waals surface area contributed by atoms with Gasteiger partial charge in [0.2, 0.25) is 5.91 Å². The molecule has 1 fully saturated rings. The van der Waals surface area contributed by atoms with Crippen LogP contribution in [0, 0.1) is 5.92 Å². The van der Waals surface area contributed by atoms with Crippen LogP contribution in [0.1, 0.15) is 62.4 Å². The minimum absolute atomic E-state index is 0.0774. The lowest BCUT2D eigenvalue weighted by molar-refractivity contribution is -0.119. The molecule has 0 saturated heterocycles. The minimum Gasteiger partial charge on any atom is -0.486 e. The van der Waals surface area contributed by atoms with Gasteiger partial charge in [0.05, 0.1) is 5.75 Å². The molecule has 162 valence electrons. The van der Waals surface area contributed by atoms with Crippen molar-refractivity contribution < 1.29 is 9.53 Å². The van der Waals surface area contributed by atoms with Crippen LogP contribution in [0.4, 0.5) is 0 Å². The molecule has 4 rings (SSSR count). The molecule has 1 aromatic carbocycles. The maximum Gasteiger partial charge on any atom is 0.230 e. The van der Waals surface area contributed by atoms with E-state index in [0.29, 0.717) is 24.3 Å². The highest BCUT2D eigenvalue weighted by Gasteiger charge is 2.23. The number of benzene rings is 1. The third-order valence-corrected chi connectivity index (χ3v) is 7.42. The molecule has 6 nitrogen and oxygen atoms in total. The van der Waals surface area contributed by atoms with Crippen molar-refractivity contribution in [3.05, 3.63) is 35.2 Å². The Morgan fingerprint density at radius 2 is 1.97 bits per heavy atom. The topological polar surface area (TPSA) is 69.0 Å². The molecule has 1 aromatic heterocycles. The fraction of sp³-hybridized carbons (Fsp3) is 0.609. The summed E-state index contributed by atoms with van der Waals surface area (Å²) in [7, 11) is 1.93. The number of aromatic nitrogens is 3. The third-order valence-electron chi connectivity index (χ3n) is 6.40. The molecule has 2 atom stereocenters. The Bertz CT molecular complexity index is 882. The van der Waals surface area contributed by atoms with E-state index in [1.807, 2.05) is 17.7 Å². The lowest BCUT2D eigenvalue weighted by atomic mass is 9.86. The third kappa shape index (κ3) is 5.17. The summed E-state index contributed by atoms with van der Waals surface area (Å²) in [6, 6.07) is 6.71. The lowest BCUT2D eigenvalue weighted by Crippen LogP contribution is -2.41. The number of ether oxygens (including phenoxy) is 1. The summed E-state index contributed by atoms with van der Waals surface area (Å²) in [6.45, 7) is 2.60. The zero-order valence-corrected chi connectivity index (χ0v) is 18.8. The predicted octanol–water partition coefficient (Wildman–Crippen LogP) is 4.06. The van der Waals surface area contributed by atoms with Gasteiger partial charge in [0.15, 0.2) is 11.0 Å². The van der Waals surface area contributed by atoms with Gasteiger partial charge in [-0.05, 0) is 67.7 Å². The first kappa shape index (κ1) is 21.2. The monoisotopic (exact) mass is 428 g/mol. The first-order valence-electron chi connectivity index (χ1n) is 11.1. The Balaban J connectivity index is 1.28. The summed E-state index contributed by atoms with van der Waals surface area (Å²) >= 11 is 1.43. The van der Waals surface area contributed by atoms with Gasteiger partial charge in [-0.3, -0.25) is 4.79 Å². The van der Waals surface area contributed by atoms with E-state index < -0.39 is 0 Å². The molecule has 1 heterocycles. The van der Waals surface area contributed by atoms with E-state index in [0.717, 1.165) is 29.6 Å². The summed E-state index contributed by atoms with van der Waals surface area (Å²) in [5, 5.41) is 12.4. The summed E-state index contributed by atoms with van der Waals surface area (Å²) in [5.74, 6) is 2.65. The Labute approximate surface area is 183 Å². The largest absolute Gasteiger partial charge is 0.486 e. The highest BCUT2D eigenvalue weighted by atomic mass is 32.2. The Morgan fingerprint density at radius 1 is 1.17 bits per heavy atom. The highest BCUT2D eigenvalue weighted by Crippen LogP contribution is 2.26. The van der Waals surface area contributed by atoms with Gasteiger partial charge < -0.3 is 14.6 Å². The molecule has 2 aromatic rings. The quantitative estimate of drug-likeness (QED) is 0.674. The van der Waals surface area contributed by atoms with Crippen LogP contribution in [0.5, 0.6) is 5.75 Å². The summed E-state index contributed by atoms with van der Waals surface area (Å²) in [4.78, 5) is 12.4. The van der Waals surface area contributed by atoms with Crippen LogP contribution >= 0.6 is 11.8 Å². The van der Waals surface area contributed by atoms with Crippen molar-refractivity contribution in [2.75, 3.05) is 5.75 Å². The molecule has 1 saturated carbocycles. The Hall–Kier alpha value is -2.02. The van der Waals surface area contributed by atoms with Crippen molar-refractivity contribution in [3.63, 3.8) is 0 Å². The highest BCUT2D eigenvalue weighted by molar-refractivity contribution is 7.99. The molecule has 0 radical (unpaired) electrons. The van der Waals surface area contributed by atoms with Gasteiger partial charge in [-0.1, -0.05) is 37.6 Å². The molecular weight excluding hydrogens is 396 g/mol. The fourth-order valence-electron chi connectivity index (χ4n) is 4.45. The number of amides is 1. The molecule has 0 bridgehead atoms. The Morgan fingerprint density at radius 3 is 2.80 bits per heavy atom. The predicted molar refractivity (Wildman–Crippen MR) is 119 cm³/mol. The van der Waals surface area contributed by atoms with Crippen molar-refractivity contribution in [1.82, 2.24) is 20.1 Å². The summed E-state index contributed by atoms with van der Waals surface area (Å²) in [6.07, 6.45) is 9.63. The average Bonchev–Trinajstić information content (AvgIpc) is 3.11. The number of thioether (sulfide) groups is 1. The minimum atomic E-state index is 0.0774. The zero-order chi connectivity index (χ0) is 20.9. The summed E-state index contributed by atoms with van der Waals surface area (Å²) in [5.41, 5.74) is 2.86. The number of hydrogen-bond donors (Lipinski definition) is 1. The number of nitrogens with one attached hydrogen (secondary N) is 1. The van der Waals surface area contributed by atoms with Crippen LogP contribution in [-0.4, -0.2) is 32.5 Å². The molecule has 2 aliphatic carbocycles. The number of rotatable bonds is 7. The zero-order valence-electron chi connectivity index (χ0n) is 18.0. The van der Waals surface area contributed by atoms with E-state index in [1.165, 1.54) is 61.4 Å². The normalized spacial score (nSPS) is 21.1. The molecule has 7 heteroatoms. The first-order valence-corrected chi connectivity index (χ1v) is 12.1. The maximum atomic E-state index is 12.4. The van der Waals surface area contributed by atoms with Gasteiger partial charge in [-0.25, -0.2) is 0 Å². The van der Waals surface area contributed by atoms with Gasteiger partial charge in [-0.15, -0.1) is 10.2 Å². The molecule has 0 aliphatic heterocycles. The van der Waals surface area contributed by atoms with E-state index in [1.54, 1.807) is 0 Å². The van der Waals surface area contributed by atoms with Crippen LogP contribution in [-0.2, 0) is 31.3 Å². The number of hydrogen-bond acceptors (Lipinski definition) is 5. The number of aryl methyl sites for hydroxylation is 2. The molecule has 1 N–H and O–H groups in total. The van der Waals surface area contributed by atoms with Crippen LogP contribution < -0.4 is 10.1 Å². The SMILES string of the molecule is C[C@H]1CCCC[C@@H]1NC(=O)CSc1nnc(COc2ccc3c(c2)CCCC3)n1C. The summed E-state index contributed by atoms with van der Waals surface area (Å²) < 4.78 is 7.89. The average molecular weight is 429 g/mol. The van der Waals surface area contributed by atoms with E-state index in [4.69, 9.17) is 4.74 Å². The van der Waals surface area contributed by atoms with Crippen molar-refractivity contribution in [2.24, 2.45) is 13.0 Å². The molecular formula is C23H32N4O2S. The van der Waals surface area contributed by atoms with E-state index in [9.17, 15) is 4.79 Å². The van der Waals surface area contributed by atoms with Gasteiger partial charge in [-0.2, -0.15) is 0 Å². The van der Waals surface area contributed by atoms with Gasteiger partial charge in [0, 0.05) is 13.1 Å². The molecule has 30 heavy (non-hydrogen) atoms. The molecule has 0 spiro atoms. The second-order valence-electron chi connectivity index (χ2n) is 8.61. The molecule has 2 aliphatic rings. The van der Waals surface area contributed by atoms with Crippen LogP contribution in [0.15, 0.2) is 23.4 Å². The maximum absolute atomic E-state index is 12.4. The number of nitrogens with zero attached hydrogens (tertiary/aromatic N) is 3. The lowest BCUT2D eigenvalue weighted by Gasteiger charge is -2.29. The standard InChI is InChI=1S/C23H32N4O2S/c1-16-7-3-6-10-20(16)24-22(28)15-30-23-26-25-21(27(23)2)14-29-19-12-11-17-8-4-5-9-18(17)13-19/h11-13,16,20H,3-10,14-15H2,1-2H3,(H,24,28)/t16-,20-/m0/s1. The van der Waals surface area contributed by atoms with Gasteiger partial charge in [0.1, 0.15) is 12.4 Å². The van der Waals surface area contributed by atoms with Crippen molar-refractivity contribution in [3.8, 4) is 5.75 Å². The first-order chi connectivity index (χ1) is 14.6. The Kier molecular flexibility index (Phi) is 6.97. The molecule has 1 amide bonds. The second-order valence-corrected chi connectivity index (χ2v) is 9.55. The number of fused-ring (bicyclic) bond motifs is 1. The number of carbonyl (C=O) groups excluding carboxylic acids is 1. The van der Waals surface area contributed by atoms with E-state index in [-0.39, 0.29) is 5.91 Å². The van der Waals surface area contributed by atoms with E-state index >= 15 is 0 Å². The van der Waals surface area contributed by atoms with Crippen molar-refractivity contribution >= 4 is 17.7 Å². The van der Waals surface area contributed by atoms with Crippen LogP contribution in [0.3, 0.4) is 0 Å². The van der Waals surface area contributed by atoms with Gasteiger partial charge in [0.25, 0.3) is 0 Å². The second kappa shape index (κ2) is 9.86. The van der Waals surface area contributed by atoms with Crippen LogP contribution in [0.2, 0.25) is 0 Å². The van der Waals surface area contributed by atoms with Crippen LogP contribution in [0.25, 0.3) is 0 Å². The molecule has 0 unspecified atom stereocenters. The van der Waals surface area contributed by atoms with Crippen molar-refractivity contribution in [2.45, 2.75) is 76.1 Å². The van der Waals surface area contributed by atoms with Gasteiger partial charge >= 0.3 is 0 Å². The van der Waals surface area contributed by atoms with Crippen molar-refractivity contribution in [1.29, 1.82) is 0 Å².